The molecule has 0 spiro atoms. The van der Waals surface area contributed by atoms with Crippen LogP contribution in [-0.2, 0) is 6.42 Å². The molecule has 0 amide bonds. The number of nitrogens with one attached hydrogen (secondary N) is 1. The van der Waals surface area contributed by atoms with E-state index in [4.69, 9.17) is 5.41 Å². The van der Waals surface area contributed by atoms with E-state index in [0.717, 1.165) is 18.4 Å². The zero-order valence-electron chi connectivity index (χ0n) is 15.9. The molecule has 0 fully saturated rings. The molecule has 2 rings (SSSR count). The number of rotatable bonds is 5. The lowest BCUT2D eigenvalue weighted by Gasteiger charge is -2.20. The van der Waals surface area contributed by atoms with Gasteiger partial charge in [-0.2, -0.15) is 0 Å². The highest BCUT2D eigenvalue weighted by Gasteiger charge is 2.17. The summed E-state index contributed by atoms with van der Waals surface area (Å²) in [5.41, 5.74) is 10.7. The lowest BCUT2D eigenvalue weighted by atomic mass is 9.85. The van der Waals surface area contributed by atoms with Gasteiger partial charge in [0.05, 0.1) is 0 Å². The third kappa shape index (κ3) is 3.67. The second kappa shape index (κ2) is 7.61. The average Bonchev–Trinajstić information content (AvgIpc) is 2.52. The van der Waals surface area contributed by atoms with Gasteiger partial charge in [0, 0.05) is 11.3 Å². The van der Waals surface area contributed by atoms with Gasteiger partial charge in [0.25, 0.3) is 0 Å². The molecule has 0 aliphatic rings. The first-order valence-corrected chi connectivity index (χ1v) is 8.85. The van der Waals surface area contributed by atoms with Crippen molar-refractivity contribution in [3.63, 3.8) is 0 Å². The first-order chi connectivity index (χ1) is 11.4. The summed E-state index contributed by atoms with van der Waals surface area (Å²) in [6, 6.07) is 13.2. The monoisotopic (exact) mass is 319 g/mol. The largest absolute Gasteiger partial charge is 0.305 e. The summed E-state index contributed by atoms with van der Waals surface area (Å²) in [4.78, 5) is 0. The Hall–Kier alpha value is -2.15. The Morgan fingerprint density at radius 2 is 1.54 bits per heavy atom. The van der Waals surface area contributed by atoms with Crippen molar-refractivity contribution in [3.8, 4) is 0 Å². The molecule has 0 radical (unpaired) electrons. The van der Waals surface area contributed by atoms with Crippen LogP contribution in [0.3, 0.4) is 0 Å². The van der Waals surface area contributed by atoms with Gasteiger partial charge in [-0.15, -0.1) is 0 Å². The van der Waals surface area contributed by atoms with E-state index in [1.807, 2.05) is 6.92 Å². The Bertz CT molecular complexity index is 776. The zero-order valence-corrected chi connectivity index (χ0v) is 15.9. The molecule has 0 unspecified atom stereocenters. The SMILES string of the molecule is CC/C(=C(/C(C)=N)c1cc(C)cc(C)c1CC)c1ccc(C)cc1. The minimum absolute atomic E-state index is 0.645. The van der Waals surface area contributed by atoms with Gasteiger partial charge in [-0.3, -0.25) is 0 Å². The summed E-state index contributed by atoms with van der Waals surface area (Å²) in [6.07, 6.45) is 1.91. The first-order valence-electron chi connectivity index (χ1n) is 8.85. The molecular weight excluding hydrogens is 290 g/mol. The molecule has 2 aromatic rings. The molecule has 0 atom stereocenters. The lowest BCUT2D eigenvalue weighted by molar-refractivity contribution is 1.09. The van der Waals surface area contributed by atoms with E-state index < -0.39 is 0 Å². The Morgan fingerprint density at radius 1 is 0.917 bits per heavy atom. The first kappa shape index (κ1) is 18.2. The quantitative estimate of drug-likeness (QED) is 0.478. The Labute approximate surface area is 146 Å². The molecule has 0 heterocycles. The van der Waals surface area contributed by atoms with E-state index in [-0.39, 0.29) is 0 Å². The maximum atomic E-state index is 8.47. The van der Waals surface area contributed by atoms with Crippen LogP contribution in [0.15, 0.2) is 36.4 Å². The van der Waals surface area contributed by atoms with Crippen molar-refractivity contribution >= 4 is 16.9 Å². The molecule has 126 valence electrons. The molecule has 0 saturated heterocycles. The van der Waals surface area contributed by atoms with Gasteiger partial charge in [0.1, 0.15) is 0 Å². The van der Waals surface area contributed by atoms with Crippen molar-refractivity contribution in [1.82, 2.24) is 0 Å². The fraction of sp³-hybridized carbons (Fsp3) is 0.348. The van der Waals surface area contributed by atoms with Crippen molar-refractivity contribution in [2.75, 3.05) is 0 Å². The van der Waals surface area contributed by atoms with Gasteiger partial charge in [0.2, 0.25) is 0 Å². The van der Waals surface area contributed by atoms with Gasteiger partial charge in [-0.1, -0.05) is 61.4 Å². The fourth-order valence-corrected chi connectivity index (χ4v) is 3.56. The van der Waals surface area contributed by atoms with E-state index in [2.05, 4.69) is 71.0 Å². The maximum absolute atomic E-state index is 8.47. The zero-order chi connectivity index (χ0) is 17.9. The molecule has 24 heavy (non-hydrogen) atoms. The third-order valence-corrected chi connectivity index (χ3v) is 4.67. The Kier molecular flexibility index (Phi) is 5.77. The van der Waals surface area contributed by atoms with Crippen LogP contribution < -0.4 is 0 Å². The highest BCUT2D eigenvalue weighted by molar-refractivity contribution is 6.28. The minimum atomic E-state index is 0.645. The summed E-state index contributed by atoms with van der Waals surface area (Å²) in [6.45, 7) is 12.7. The third-order valence-electron chi connectivity index (χ3n) is 4.67. The van der Waals surface area contributed by atoms with E-state index >= 15 is 0 Å². The summed E-state index contributed by atoms with van der Waals surface area (Å²) in [5.74, 6) is 0. The minimum Gasteiger partial charge on any atom is -0.305 e. The van der Waals surface area contributed by atoms with Crippen LogP contribution in [0.4, 0.5) is 0 Å². The Morgan fingerprint density at radius 3 is 2.04 bits per heavy atom. The molecule has 2 aromatic carbocycles. The molecular formula is C23H29N. The van der Waals surface area contributed by atoms with Gasteiger partial charge in [-0.05, 0) is 68.4 Å². The van der Waals surface area contributed by atoms with Crippen molar-refractivity contribution in [2.24, 2.45) is 0 Å². The van der Waals surface area contributed by atoms with Gasteiger partial charge >= 0.3 is 0 Å². The molecule has 1 nitrogen and oxygen atoms in total. The van der Waals surface area contributed by atoms with Crippen molar-refractivity contribution in [1.29, 1.82) is 5.41 Å². The van der Waals surface area contributed by atoms with Crippen molar-refractivity contribution in [3.05, 3.63) is 69.8 Å². The van der Waals surface area contributed by atoms with Crippen LogP contribution in [0.25, 0.3) is 11.1 Å². The molecule has 0 aliphatic carbocycles. The fourth-order valence-electron chi connectivity index (χ4n) is 3.56. The molecule has 0 aromatic heterocycles. The summed E-state index contributed by atoms with van der Waals surface area (Å²) in [7, 11) is 0. The highest BCUT2D eigenvalue weighted by Crippen LogP contribution is 2.33. The molecule has 1 heteroatoms. The predicted molar refractivity (Wildman–Crippen MR) is 107 cm³/mol. The molecule has 1 N–H and O–H groups in total. The number of aryl methyl sites for hydroxylation is 3. The smallest absolute Gasteiger partial charge is 0.0364 e. The average molecular weight is 319 g/mol. The normalized spacial score (nSPS) is 12.1. The van der Waals surface area contributed by atoms with Crippen LogP contribution in [0.1, 0.15) is 60.6 Å². The maximum Gasteiger partial charge on any atom is 0.0364 e. The molecule has 0 bridgehead atoms. The van der Waals surface area contributed by atoms with Crippen LogP contribution in [0.5, 0.6) is 0 Å². The summed E-state index contributed by atoms with van der Waals surface area (Å²) >= 11 is 0. The number of benzene rings is 2. The number of hydrogen-bond acceptors (Lipinski definition) is 1. The summed E-state index contributed by atoms with van der Waals surface area (Å²) < 4.78 is 0. The number of allylic oxidation sites excluding steroid dienone is 2. The van der Waals surface area contributed by atoms with Gasteiger partial charge in [-0.25, -0.2) is 0 Å². The lowest BCUT2D eigenvalue weighted by Crippen LogP contribution is -2.05. The topological polar surface area (TPSA) is 23.9 Å². The second-order valence-corrected chi connectivity index (χ2v) is 6.66. The Balaban J connectivity index is 2.81. The van der Waals surface area contributed by atoms with Crippen LogP contribution in [0, 0.1) is 26.2 Å². The van der Waals surface area contributed by atoms with E-state index in [0.29, 0.717) is 5.71 Å². The van der Waals surface area contributed by atoms with Crippen LogP contribution >= 0.6 is 0 Å². The van der Waals surface area contributed by atoms with E-state index in [9.17, 15) is 0 Å². The molecule has 0 aliphatic heterocycles. The van der Waals surface area contributed by atoms with E-state index in [1.54, 1.807) is 0 Å². The van der Waals surface area contributed by atoms with E-state index in [1.165, 1.54) is 39.0 Å². The van der Waals surface area contributed by atoms with Gasteiger partial charge < -0.3 is 5.41 Å². The predicted octanol–water partition coefficient (Wildman–Crippen LogP) is 6.53. The number of hydrogen-bond donors (Lipinski definition) is 1. The van der Waals surface area contributed by atoms with Crippen LogP contribution in [0.2, 0.25) is 0 Å². The second-order valence-electron chi connectivity index (χ2n) is 6.66. The van der Waals surface area contributed by atoms with Crippen molar-refractivity contribution < 1.29 is 0 Å². The summed E-state index contributed by atoms with van der Waals surface area (Å²) in [5, 5.41) is 8.47. The highest BCUT2D eigenvalue weighted by atomic mass is 14.4. The molecule has 0 saturated carbocycles. The van der Waals surface area contributed by atoms with Crippen LogP contribution in [-0.4, -0.2) is 5.71 Å². The van der Waals surface area contributed by atoms with Crippen molar-refractivity contribution in [2.45, 2.75) is 54.4 Å². The van der Waals surface area contributed by atoms with Gasteiger partial charge in [0.15, 0.2) is 0 Å². The standard InChI is InChI=1S/C23H29N/c1-7-20-17(5)13-16(4)14-22(20)23(18(6)24)21(8-2)19-11-9-15(3)10-12-19/h9-14,24H,7-8H2,1-6H3/b23-21+,24-18?.